The number of benzene rings is 2. The number of hydrogen-bond donors (Lipinski definition) is 0. The summed E-state index contributed by atoms with van der Waals surface area (Å²) < 4.78 is 2.02. The Hall–Kier alpha value is -1.30. The van der Waals surface area contributed by atoms with Gasteiger partial charge >= 0.3 is 0 Å². The number of carbonyl (C=O) groups excluding carboxylic acids is 1. The second-order valence-corrected chi connectivity index (χ2v) is 9.04. The first-order chi connectivity index (χ1) is 13.8. The largest absolute Gasteiger partial charge is 0.316 e. The summed E-state index contributed by atoms with van der Waals surface area (Å²) in [5.41, 5.74) is 2.27. The van der Waals surface area contributed by atoms with Gasteiger partial charge < -0.3 is 4.57 Å². The molecule has 0 unspecified atom stereocenters. The van der Waals surface area contributed by atoms with Crippen LogP contribution in [0.5, 0.6) is 0 Å². The number of aromatic nitrogens is 1. The Balaban J connectivity index is 2.18. The zero-order valence-electron chi connectivity index (χ0n) is 15.8. The zero-order chi connectivity index (χ0) is 21.1. The molecule has 0 N–H and O–H groups in total. The highest BCUT2D eigenvalue weighted by molar-refractivity contribution is 7.09. The molecule has 0 saturated carbocycles. The molecule has 29 heavy (non-hydrogen) atoms. The average molecular weight is 488 g/mol. The molecule has 1 aromatic heterocycles. The second kappa shape index (κ2) is 9.67. The van der Waals surface area contributed by atoms with Crippen molar-refractivity contribution in [2.75, 3.05) is 0 Å². The van der Waals surface area contributed by atoms with Gasteiger partial charge in [0.1, 0.15) is 0 Å². The summed E-state index contributed by atoms with van der Waals surface area (Å²) in [5.74, 6) is -0.404. The molecule has 1 amide bonds. The van der Waals surface area contributed by atoms with Crippen LogP contribution in [-0.2, 0) is 13.0 Å². The van der Waals surface area contributed by atoms with Gasteiger partial charge in [0.15, 0.2) is 4.80 Å². The van der Waals surface area contributed by atoms with E-state index in [0.717, 1.165) is 29.0 Å². The van der Waals surface area contributed by atoms with E-state index in [4.69, 9.17) is 46.4 Å². The molecule has 2 aromatic carbocycles. The first kappa shape index (κ1) is 22.4. The minimum absolute atomic E-state index is 0.282. The summed E-state index contributed by atoms with van der Waals surface area (Å²) in [5, 5.41) is 1.74. The number of carbonyl (C=O) groups is 1. The van der Waals surface area contributed by atoms with Gasteiger partial charge in [0.25, 0.3) is 5.91 Å². The van der Waals surface area contributed by atoms with E-state index >= 15 is 0 Å². The molecule has 0 aliphatic rings. The van der Waals surface area contributed by atoms with Crippen LogP contribution >= 0.6 is 57.7 Å². The first-order valence-electron chi connectivity index (χ1n) is 9.07. The van der Waals surface area contributed by atoms with Gasteiger partial charge in [-0.2, -0.15) is 4.99 Å². The van der Waals surface area contributed by atoms with E-state index in [-0.39, 0.29) is 5.02 Å². The lowest BCUT2D eigenvalue weighted by Gasteiger charge is -2.10. The molecule has 0 bridgehead atoms. The number of amides is 1. The van der Waals surface area contributed by atoms with Gasteiger partial charge in [0.2, 0.25) is 0 Å². The average Bonchev–Trinajstić information content (AvgIpc) is 3.01. The van der Waals surface area contributed by atoms with Crippen LogP contribution in [-0.4, -0.2) is 10.5 Å². The molecule has 3 rings (SSSR count). The van der Waals surface area contributed by atoms with E-state index in [1.807, 2.05) is 23.6 Å². The molecule has 3 nitrogen and oxygen atoms in total. The van der Waals surface area contributed by atoms with Crippen LogP contribution in [0.1, 0.15) is 35.5 Å². The molecular formula is C21H18Cl4N2OS. The van der Waals surface area contributed by atoms with Gasteiger partial charge in [-0.05, 0) is 43.7 Å². The molecule has 0 saturated heterocycles. The Morgan fingerprint density at radius 1 is 1.00 bits per heavy atom. The van der Waals surface area contributed by atoms with Gasteiger partial charge in [-0.1, -0.05) is 65.8 Å². The molecule has 8 heteroatoms. The molecule has 0 radical (unpaired) electrons. The fourth-order valence-corrected chi connectivity index (χ4v) is 5.10. The lowest BCUT2D eigenvalue weighted by Crippen LogP contribution is -2.17. The molecule has 0 fully saturated rings. The normalized spacial score (nSPS) is 11.9. The first-order valence-corrected chi connectivity index (χ1v) is 11.4. The molecule has 0 spiro atoms. The van der Waals surface area contributed by atoms with Crippen molar-refractivity contribution in [2.24, 2.45) is 4.99 Å². The van der Waals surface area contributed by atoms with Crippen LogP contribution in [0.3, 0.4) is 0 Å². The predicted molar refractivity (Wildman–Crippen MR) is 124 cm³/mol. The van der Waals surface area contributed by atoms with Crippen molar-refractivity contribution < 1.29 is 4.79 Å². The Labute approximate surface area is 193 Å². The number of thiazole rings is 1. The Morgan fingerprint density at radius 3 is 2.38 bits per heavy atom. The zero-order valence-corrected chi connectivity index (χ0v) is 19.6. The van der Waals surface area contributed by atoms with Crippen LogP contribution in [0.25, 0.3) is 11.3 Å². The van der Waals surface area contributed by atoms with Gasteiger partial charge in [0.05, 0.1) is 26.3 Å². The highest BCUT2D eigenvalue weighted by Crippen LogP contribution is 2.32. The third-order valence-electron chi connectivity index (χ3n) is 4.32. The van der Waals surface area contributed by atoms with Crippen molar-refractivity contribution in [3.63, 3.8) is 0 Å². The third-order valence-corrected chi connectivity index (χ3v) is 6.75. The van der Waals surface area contributed by atoms with Gasteiger partial charge in [-0.3, -0.25) is 4.79 Å². The summed E-state index contributed by atoms with van der Waals surface area (Å²) >= 11 is 26.0. The lowest BCUT2D eigenvalue weighted by molar-refractivity contribution is 0.0998. The molecule has 1 heterocycles. The maximum absolute atomic E-state index is 12.8. The van der Waals surface area contributed by atoms with Gasteiger partial charge in [0, 0.05) is 22.0 Å². The van der Waals surface area contributed by atoms with Gasteiger partial charge in [-0.25, -0.2) is 0 Å². The van der Waals surface area contributed by atoms with Crippen LogP contribution in [0, 0.1) is 0 Å². The minimum Gasteiger partial charge on any atom is -0.316 e. The van der Waals surface area contributed by atoms with E-state index in [1.165, 1.54) is 17.4 Å². The summed E-state index contributed by atoms with van der Waals surface area (Å²) in [7, 11) is 0. The van der Waals surface area contributed by atoms with Crippen molar-refractivity contribution in [1.29, 1.82) is 0 Å². The van der Waals surface area contributed by atoms with E-state index < -0.39 is 5.91 Å². The third kappa shape index (κ3) is 4.89. The smallest absolute Gasteiger partial charge is 0.281 e. The van der Waals surface area contributed by atoms with Crippen molar-refractivity contribution in [3.05, 3.63) is 71.7 Å². The van der Waals surface area contributed by atoms with Crippen LogP contribution in [0.2, 0.25) is 20.1 Å². The second-order valence-electron chi connectivity index (χ2n) is 6.32. The van der Waals surface area contributed by atoms with Crippen LogP contribution in [0.15, 0.2) is 41.4 Å². The fourth-order valence-electron chi connectivity index (χ4n) is 3.00. The molecule has 0 aliphatic carbocycles. The van der Waals surface area contributed by atoms with Crippen LogP contribution < -0.4 is 4.80 Å². The Morgan fingerprint density at radius 2 is 1.76 bits per heavy atom. The van der Waals surface area contributed by atoms with Crippen molar-refractivity contribution in [3.8, 4) is 11.3 Å². The molecule has 152 valence electrons. The minimum atomic E-state index is -0.404. The fraction of sp³-hybridized carbons (Fsp3) is 0.238. The van der Waals surface area contributed by atoms with E-state index in [2.05, 4.69) is 11.9 Å². The topological polar surface area (TPSA) is 34.4 Å². The van der Waals surface area contributed by atoms with E-state index in [9.17, 15) is 4.79 Å². The molecule has 0 aliphatic heterocycles. The highest BCUT2D eigenvalue weighted by Gasteiger charge is 2.17. The van der Waals surface area contributed by atoms with Gasteiger partial charge in [-0.15, -0.1) is 11.3 Å². The van der Waals surface area contributed by atoms with Crippen molar-refractivity contribution >= 4 is 63.6 Å². The Kier molecular flexibility index (Phi) is 7.47. The van der Waals surface area contributed by atoms with E-state index in [0.29, 0.717) is 32.0 Å². The van der Waals surface area contributed by atoms with Crippen LogP contribution in [0.4, 0.5) is 0 Å². The predicted octanol–water partition coefficient (Wildman–Crippen LogP) is 7.54. The number of nitrogens with zero attached hydrogens (tertiary/aromatic N) is 2. The van der Waals surface area contributed by atoms with Crippen molar-refractivity contribution in [2.45, 2.75) is 33.2 Å². The number of halogens is 4. The number of hydrogen-bond acceptors (Lipinski definition) is 2. The maximum atomic E-state index is 12.8. The summed E-state index contributed by atoms with van der Waals surface area (Å²) in [4.78, 5) is 18.9. The maximum Gasteiger partial charge on any atom is 0.281 e. The molecule has 3 aromatic rings. The number of rotatable bonds is 5. The monoisotopic (exact) mass is 486 g/mol. The summed E-state index contributed by atoms with van der Waals surface area (Å²) in [6.07, 6.45) is 1.83. The summed E-state index contributed by atoms with van der Waals surface area (Å²) in [6.45, 7) is 4.78. The van der Waals surface area contributed by atoms with Crippen molar-refractivity contribution in [1.82, 2.24) is 4.57 Å². The highest BCUT2D eigenvalue weighted by atomic mass is 35.5. The van der Waals surface area contributed by atoms with E-state index in [1.54, 1.807) is 18.2 Å². The Bertz CT molecular complexity index is 1130. The standard InChI is InChI=1S/C21H18Cl4N2OS/c1-3-5-18-19(12-6-9-15(23)17(25)10-12)27(4-2)21(29-18)26-20(28)14-8-7-13(22)11-16(14)24/h6-11H,3-5H2,1-2H3. The number of aryl methyl sites for hydroxylation is 1. The molecule has 0 atom stereocenters. The summed E-state index contributed by atoms with van der Waals surface area (Å²) in [6, 6.07) is 10.3. The molecular weight excluding hydrogens is 470 g/mol. The lowest BCUT2D eigenvalue weighted by atomic mass is 10.1. The SMILES string of the molecule is CCCc1sc(=NC(=O)c2ccc(Cl)cc2Cl)n(CC)c1-c1ccc(Cl)c(Cl)c1. The quantitative estimate of drug-likeness (QED) is 0.365.